The monoisotopic (exact) mass is 242 g/mol. The van der Waals surface area contributed by atoms with Gasteiger partial charge in [0.2, 0.25) is 0 Å². The highest BCUT2D eigenvalue weighted by Crippen LogP contribution is 2.17. The van der Waals surface area contributed by atoms with Crippen LogP contribution in [0.1, 0.15) is 10.4 Å². The summed E-state index contributed by atoms with van der Waals surface area (Å²) in [4.78, 5) is 13.5. The number of nitrogens with one attached hydrogen (secondary N) is 1. The van der Waals surface area contributed by atoms with Gasteiger partial charge in [-0.1, -0.05) is 11.6 Å². The van der Waals surface area contributed by atoms with E-state index in [0.29, 0.717) is 5.02 Å². The van der Waals surface area contributed by atoms with Gasteiger partial charge >= 0.3 is 0 Å². The predicted octanol–water partition coefficient (Wildman–Crippen LogP) is 1.52. The molecule has 1 aromatic carbocycles. The molecule has 0 radical (unpaired) electrons. The quantitative estimate of drug-likeness (QED) is 0.853. The van der Waals surface area contributed by atoms with E-state index in [1.807, 2.05) is 0 Å². The molecule has 0 bridgehead atoms. The van der Waals surface area contributed by atoms with Gasteiger partial charge in [-0.05, 0) is 18.2 Å². The standard InChI is InChI=1S/C11H12ClFN2O/c1-15(8-5-14-6-8)11(16)9-4-7(12)2-3-10(9)13/h2-4,8,14H,5-6H2,1H3. The number of carbonyl (C=O) groups excluding carboxylic acids is 1. The minimum absolute atomic E-state index is 0.0295. The summed E-state index contributed by atoms with van der Waals surface area (Å²) in [7, 11) is 1.67. The molecule has 1 N–H and O–H groups in total. The van der Waals surface area contributed by atoms with E-state index in [0.717, 1.165) is 13.1 Å². The molecule has 1 amide bonds. The first-order valence-corrected chi connectivity index (χ1v) is 5.40. The van der Waals surface area contributed by atoms with E-state index < -0.39 is 5.82 Å². The number of hydrogen-bond acceptors (Lipinski definition) is 2. The Morgan fingerprint density at radius 3 is 2.81 bits per heavy atom. The molecule has 1 saturated heterocycles. The summed E-state index contributed by atoms with van der Waals surface area (Å²) in [6.07, 6.45) is 0. The smallest absolute Gasteiger partial charge is 0.256 e. The Balaban J connectivity index is 2.22. The Kier molecular flexibility index (Phi) is 3.12. The lowest BCUT2D eigenvalue weighted by Gasteiger charge is -2.35. The third kappa shape index (κ3) is 2.03. The van der Waals surface area contributed by atoms with Crippen LogP contribution in [0.5, 0.6) is 0 Å². The van der Waals surface area contributed by atoms with Gasteiger partial charge < -0.3 is 10.2 Å². The highest BCUT2D eigenvalue weighted by molar-refractivity contribution is 6.31. The molecule has 1 aliphatic rings. The second-order valence-electron chi connectivity index (χ2n) is 3.85. The molecule has 0 unspecified atom stereocenters. The van der Waals surface area contributed by atoms with Crippen LogP contribution in [0, 0.1) is 5.82 Å². The van der Waals surface area contributed by atoms with Crippen molar-refractivity contribution in [3.8, 4) is 0 Å². The molecule has 2 rings (SSSR count). The first kappa shape index (κ1) is 11.4. The zero-order valence-electron chi connectivity index (χ0n) is 8.84. The van der Waals surface area contributed by atoms with E-state index >= 15 is 0 Å². The van der Waals surface area contributed by atoms with Crippen molar-refractivity contribution in [1.29, 1.82) is 0 Å². The van der Waals surface area contributed by atoms with E-state index in [2.05, 4.69) is 5.32 Å². The van der Waals surface area contributed by atoms with Crippen molar-refractivity contribution in [3.05, 3.63) is 34.6 Å². The molecule has 0 saturated carbocycles. The fourth-order valence-electron chi connectivity index (χ4n) is 1.56. The summed E-state index contributed by atoms with van der Waals surface area (Å²) in [5, 5.41) is 3.43. The molecule has 0 aliphatic carbocycles. The molecule has 5 heteroatoms. The first-order chi connectivity index (χ1) is 7.59. The Morgan fingerprint density at radius 2 is 2.25 bits per heavy atom. The third-order valence-corrected chi connectivity index (χ3v) is 3.02. The zero-order valence-corrected chi connectivity index (χ0v) is 9.59. The molecule has 0 aromatic heterocycles. The van der Waals surface area contributed by atoms with E-state index in [1.165, 1.54) is 18.2 Å². The predicted molar refractivity (Wildman–Crippen MR) is 60.2 cm³/mol. The highest BCUT2D eigenvalue weighted by atomic mass is 35.5. The molecule has 1 heterocycles. The van der Waals surface area contributed by atoms with Crippen LogP contribution in [0.25, 0.3) is 0 Å². The van der Waals surface area contributed by atoms with Crippen LogP contribution < -0.4 is 5.32 Å². The van der Waals surface area contributed by atoms with Crippen molar-refractivity contribution in [2.45, 2.75) is 6.04 Å². The maximum atomic E-state index is 13.4. The minimum atomic E-state index is -0.534. The van der Waals surface area contributed by atoms with Gasteiger partial charge in [0.15, 0.2) is 0 Å². The summed E-state index contributed by atoms with van der Waals surface area (Å²) < 4.78 is 13.4. The van der Waals surface area contributed by atoms with E-state index in [4.69, 9.17) is 11.6 Å². The van der Waals surface area contributed by atoms with Gasteiger partial charge in [0, 0.05) is 25.2 Å². The Bertz CT molecular complexity index is 420. The van der Waals surface area contributed by atoms with Crippen LogP contribution in [0.4, 0.5) is 4.39 Å². The number of benzene rings is 1. The molecule has 1 fully saturated rings. The van der Waals surface area contributed by atoms with Crippen molar-refractivity contribution >= 4 is 17.5 Å². The van der Waals surface area contributed by atoms with Gasteiger partial charge in [-0.2, -0.15) is 0 Å². The molecule has 0 atom stereocenters. The fraction of sp³-hybridized carbons (Fsp3) is 0.364. The normalized spacial score (nSPS) is 15.7. The average Bonchev–Trinajstić information content (AvgIpc) is 2.18. The number of amides is 1. The van der Waals surface area contributed by atoms with Gasteiger partial charge in [0.05, 0.1) is 11.6 Å². The number of nitrogens with zero attached hydrogens (tertiary/aromatic N) is 1. The summed E-state index contributed by atoms with van der Waals surface area (Å²) in [6, 6.07) is 4.15. The molecular weight excluding hydrogens is 231 g/mol. The van der Waals surface area contributed by atoms with Crippen LogP contribution >= 0.6 is 11.6 Å². The van der Waals surface area contributed by atoms with Crippen LogP contribution in [-0.2, 0) is 0 Å². The first-order valence-electron chi connectivity index (χ1n) is 5.02. The highest BCUT2D eigenvalue weighted by Gasteiger charge is 2.27. The number of carbonyl (C=O) groups is 1. The fourth-order valence-corrected chi connectivity index (χ4v) is 1.74. The van der Waals surface area contributed by atoms with Gasteiger partial charge in [-0.15, -0.1) is 0 Å². The molecule has 1 aromatic rings. The number of halogens is 2. The molecule has 16 heavy (non-hydrogen) atoms. The van der Waals surface area contributed by atoms with Gasteiger partial charge in [0.25, 0.3) is 5.91 Å². The van der Waals surface area contributed by atoms with Crippen molar-refractivity contribution in [1.82, 2.24) is 10.2 Å². The maximum Gasteiger partial charge on any atom is 0.256 e. The Morgan fingerprint density at radius 1 is 1.56 bits per heavy atom. The second-order valence-corrected chi connectivity index (χ2v) is 4.29. The van der Waals surface area contributed by atoms with Crippen molar-refractivity contribution in [2.24, 2.45) is 0 Å². The van der Waals surface area contributed by atoms with Gasteiger partial charge in [0.1, 0.15) is 5.82 Å². The summed E-state index contributed by atoms with van der Waals surface area (Å²) in [5.41, 5.74) is 0.0295. The molecule has 86 valence electrons. The lowest BCUT2D eigenvalue weighted by atomic mass is 10.1. The van der Waals surface area contributed by atoms with Crippen LogP contribution in [0.15, 0.2) is 18.2 Å². The minimum Gasteiger partial charge on any atom is -0.336 e. The number of rotatable bonds is 2. The van der Waals surface area contributed by atoms with Crippen LogP contribution in [0.3, 0.4) is 0 Å². The maximum absolute atomic E-state index is 13.4. The lowest BCUT2D eigenvalue weighted by Crippen LogP contribution is -2.57. The summed E-state index contributed by atoms with van der Waals surface area (Å²) >= 11 is 5.74. The number of likely N-dealkylation sites (N-methyl/N-ethyl adjacent to an activating group) is 1. The van der Waals surface area contributed by atoms with Crippen LogP contribution in [-0.4, -0.2) is 37.0 Å². The largest absolute Gasteiger partial charge is 0.336 e. The van der Waals surface area contributed by atoms with Gasteiger partial charge in [-0.25, -0.2) is 4.39 Å². The SMILES string of the molecule is CN(C(=O)c1cc(Cl)ccc1F)C1CNC1. The van der Waals surface area contributed by atoms with E-state index in [1.54, 1.807) is 11.9 Å². The molecular formula is C11H12ClFN2O. The van der Waals surface area contributed by atoms with Crippen LogP contribution in [0.2, 0.25) is 5.02 Å². The third-order valence-electron chi connectivity index (χ3n) is 2.79. The summed E-state index contributed by atoms with van der Waals surface area (Å²) in [6.45, 7) is 1.51. The van der Waals surface area contributed by atoms with Crippen molar-refractivity contribution < 1.29 is 9.18 Å². The zero-order chi connectivity index (χ0) is 11.7. The molecule has 0 spiro atoms. The van der Waals surface area contributed by atoms with Crippen molar-refractivity contribution in [2.75, 3.05) is 20.1 Å². The van der Waals surface area contributed by atoms with Crippen molar-refractivity contribution in [3.63, 3.8) is 0 Å². The van der Waals surface area contributed by atoms with E-state index in [9.17, 15) is 9.18 Å². The molecule has 3 nitrogen and oxygen atoms in total. The van der Waals surface area contributed by atoms with Gasteiger partial charge in [-0.3, -0.25) is 4.79 Å². The Labute approximate surface area is 98.2 Å². The second kappa shape index (κ2) is 4.39. The van der Waals surface area contributed by atoms with E-state index in [-0.39, 0.29) is 17.5 Å². The lowest BCUT2D eigenvalue weighted by molar-refractivity contribution is 0.0676. The topological polar surface area (TPSA) is 32.3 Å². The average molecular weight is 243 g/mol. The Hall–Kier alpha value is -1.13. The summed E-state index contributed by atoms with van der Waals surface area (Å²) in [5.74, 6) is -0.861. The number of hydrogen-bond donors (Lipinski definition) is 1. The molecule has 1 aliphatic heterocycles.